The second-order valence-electron chi connectivity index (χ2n) is 15.7. The maximum absolute atomic E-state index is 14.2. The molecule has 52 heavy (non-hydrogen) atoms. The van der Waals surface area contributed by atoms with Crippen LogP contribution in [0.15, 0.2) is 36.4 Å². The fourth-order valence-electron chi connectivity index (χ4n) is 8.83. The zero-order chi connectivity index (χ0) is 37.3. The minimum atomic E-state index is -3.73. The first-order valence-electron chi connectivity index (χ1n) is 18.7. The number of rotatable bonds is 16. The quantitative estimate of drug-likeness (QED) is 0.111. The number of aromatic nitrogens is 2. The van der Waals surface area contributed by atoms with Crippen LogP contribution in [0.2, 0.25) is 5.15 Å². The van der Waals surface area contributed by atoms with Crippen LogP contribution in [0.5, 0.6) is 0 Å². The van der Waals surface area contributed by atoms with Gasteiger partial charge in [-0.3, -0.25) is 9.59 Å². The van der Waals surface area contributed by atoms with Crippen molar-refractivity contribution in [1.29, 1.82) is 0 Å². The Morgan fingerprint density at radius 2 is 1.92 bits per heavy atom. The largest absolute Gasteiger partial charge is 0.481 e. The Bertz CT molecular complexity index is 1690. The first-order valence-corrected chi connectivity index (χ1v) is 20.7. The number of likely N-dealkylation sites (tertiary alicyclic amines) is 1. The molecular formula is C36H53BClN7O6S. The summed E-state index contributed by atoms with van der Waals surface area (Å²) in [6.45, 7) is 9.55. The summed E-state index contributed by atoms with van der Waals surface area (Å²) in [5.74, 6) is 0.223. The second-order valence-corrected chi connectivity index (χ2v) is 17.9. The van der Waals surface area contributed by atoms with E-state index in [-0.39, 0.29) is 40.7 Å². The number of carbonyl (C=O) groups is 2. The number of anilines is 2. The third-order valence-electron chi connectivity index (χ3n) is 11.8. The summed E-state index contributed by atoms with van der Waals surface area (Å²) in [4.78, 5) is 38.1. The SMILES string of the molecule is CCCCS(=O)(=O)N[C@H](Cc1ccccc1)C(=O)N1CCC[C@H]1C(=O)N[C@@H](CCCNc1cc(Cl)nc(N)n1)B1O[C@@H]2CC3CC(C3(C)C)[C@]2(C)O1. The van der Waals surface area contributed by atoms with Crippen LogP contribution in [0.3, 0.4) is 0 Å². The van der Waals surface area contributed by atoms with Crippen LogP contribution < -0.4 is 21.1 Å². The van der Waals surface area contributed by atoms with Gasteiger partial charge in [0.2, 0.25) is 27.8 Å². The average molecular weight is 758 g/mol. The molecule has 3 saturated carbocycles. The van der Waals surface area contributed by atoms with Crippen molar-refractivity contribution in [2.24, 2.45) is 17.3 Å². The number of hydrogen-bond acceptors (Lipinski definition) is 10. The van der Waals surface area contributed by atoms with E-state index in [2.05, 4.69) is 46.1 Å². The Hall–Kier alpha value is -2.98. The van der Waals surface area contributed by atoms with Crippen LogP contribution in [0, 0.1) is 17.3 Å². The molecule has 13 nitrogen and oxygen atoms in total. The number of benzene rings is 1. The molecule has 2 amide bonds. The van der Waals surface area contributed by atoms with Gasteiger partial charge < -0.3 is 30.6 Å². The van der Waals surface area contributed by atoms with Crippen molar-refractivity contribution in [2.45, 2.75) is 115 Å². The molecule has 3 aliphatic carbocycles. The smallest absolute Gasteiger partial charge is 0.404 e. The van der Waals surface area contributed by atoms with Crippen LogP contribution >= 0.6 is 11.6 Å². The molecule has 1 aromatic carbocycles. The first kappa shape index (κ1) is 38.7. The lowest BCUT2D eigenvalue weighted by Crippen LogP contribution is -2.65. The maximum Gasteiger partial charge on any atom is 0.481 e. The van der Waals surface area contributed by atoms with Crippen molar-refractivity contribution in [2.75, 3.05) is 29.9 Å². The number of nitrogen functional groups attached to an aromatic ring is 1. The number of halogens is 1. The summed E-state index contributed by atoms with van der Waals surface area (Å²) in [5, 5.41) is 6.69. The fraction of sp³-hybridized carbons (Fsp3) is 0.667. The van der Waals surface area contributed by atoms with Crippen molar-refractivity contribution >= 4 is 52.3 Å². The summed E-state index contributed by atoms with van der Waals surface area (Å²) in [5.41, 5.74) is 6.28. The van der Waals surface area contributed by atoms with E-state index in [0.29, 0.717) is 69.3 Å². The molecule has 16 heteroatoms. The number of nitrogens with one attached hydrogen (secondary N) is 3. The van der Waals surface area contributed by atoms with Gasteiger partial charge in [-0.2, -0.15) is 4.98 Å². The van der Waals surface area contributed by atoms with E-state index >= 15 is 0 Å². The molecule has 5 aliphatic rings. The normalized spacial score (nSPS) is 27.4. The molecule has 2 aromatic rings. The van der Waals surface area contributed by atoms with Gasteiger partial charge in [-0.05, 0) is 81.1 Å². The lowest BCUT2D eigenvalue weighted by Gasteiger charge is -2.64. The molecule has 1 aromatic heterocycles. The molecule has 2 bridgehead atoms. The van der Waals surface area contributed by atoms with Gasteiger partial charge in [0, 0.05) is 19.2 Å². The van der Waals surface area contributed by atoms with Crippen molar-refractivity contribution in [3.63, 3.8) is 0 Å². The highest BCUT2D eigenvalue weighted by atomic mass is 35.5. The van der Waals surface area contributed by atoms with E-state index in [0.717, 1.165) is 18.4 Å². The van der Waals surface area contributed by atoms with Gasteiger partial charge in [0.15, 0.2) is 0 Å². The van der Waals surface area contributed by atoms with Crippen molar-refractivity contribution < 1.29 is 27.3 Å². The standard InChI is InChI=1S/C36H53BClN7O6S/c1-5-6-18-52(48,49)44-25(19-23-12-8-7-9-13-23)33(47)45-17-11-14-26(45)32(46)41-29(15-10-16-40-31-22-30(38)42-34(39)43-31)37-50-28-21-24-20-27(35(24,2)3)36(28,4)51-37/h7-9,12-13,22,24-29,44H,5-6,10-11,14-21H2,1-4H3,(H,41,46)(H3,39,40,42,43)/t24?,25-,26+,27?,28-,29+,36+/m1/s1. The summed E-state index contributed by atoms with van der Waals surface area (Å²) in [7, 11) is -4.39. The Labute approximate surface area is 313 Å². The van der Waals surface area contributed by atoms with Crippen LogP contribution in [0.25, 0.3) is 0 Å². The Morgan fingerprint density at radius 3 is 2.63 bits per heavy atom. The number of nitrogens with zero attached hydrogens (tertiary/aromatic N) is 3. The molecule has 2 aliphatic heterocycles. The minimum Gasteiger partial charge on any atom is -0.404 e. The number of sulfonamides is 1. The third-order valence-corrected chi connectivity index (χ3v) is 13.5. The van der Waals surface area contributed by atoms with Gasteiger partial charge in [-0.1, -0.05) is 69.1 Å². The molecule has 0 radical (unpaired) electrons. The van der Waals surface area contributed by atoms with Crippen molar-refractivity contribution in [3.8, 4) is 0 Å². The molecule has 7 rings (SSSR count). The van der Waals surface area contributed by atoms with Crippen molar-refractivity contribution in [3.05, 3.63) is 47.1 Å². The predicted molar refractivity (Wildman–Crippen MR) is 202 cm³/mol. The van der Waals surface area contributed by atoms with Gasteiger partial charge >= 0.3 is 7.12 Å². The van der Waals surface area contributed by atoms with Crippen molar-refractivity contribution in [1.82, 2.24) is 24.9 Å². The number of nitrogens with two attached hydrogens (primary N) is 1. The van der Waals surface area contributed by atoms with E-state index in [1.165, 1.54) is 0 Å². The molecule has 284 valence electrons. The van der Waals surface area contributed by atoms with Crippen LogP contribution in [-0.4, -0.2) is 90.8 Å². The molecule has 2 saturated heterocycles. The monoisotopic (exact) mass is 757 g/mol. The van der Waals surface area contributed by atoms with Crippen LogP contribution in [-0.2, 0) is 35.3 Å². The minimum absolute atomic E-state index is 0.0676. The number of amides is 2. The molecule has 2 unspecified atom stereocenters. The zero-order valence-corrected chi connectivity index (χ0v) is 32.2. The zero-order valence-electron chi connectivity index (χ0n) is 30.6. The van der Waals surface area contributed by atoms with E-state index in [4.69, 9.17) is 26.6 Å². The summed E-state index contributed by atoms with van der Waals surface area (Å²) in [6.07, 6.45) is 5.56. The van der Waals surface area contributed by atoms with E-state index in [1.54, 1.807) is 11.0 Å². The third kappa shape index (κ3) is 8.38. The lowest BCUT2D eigenvalue weighted by atomic mass is 9.43. The van der Waals surface area contributed by atoms with Crippen LogP contribution in [0.4, 0.5) is 11.8 Å². The van der Waals surface area contributed by atoms with Gasteiger partial charge in [-0.25, -0.2) is 18.1 Å². The highest BCUT2D eigenvalue weighted by Gasteiger charge is 2.68. The van der Waals surface area contributed by atoms with E-state index < -0.39 is 46.7 Å². The number of hydrogen-bond donors (Lipinski definition) is 4. The molecule has 5 N–H and O–H groups in total. The van der Waals surface area contributed by atoms with Gasteiger partial charge in [0.1, 0.15) is 23.1 Å². The summed E-state index contributed by atoms with van der Waals surface area (Å²) in [6, 6.07) is 9.12. The number of unbranched alkanes of at least 4 members (excludes halogenated alkanes) is 1. The first-order chi connectivity index (χ1) is 24.7. The second kappa shape index (κ2) is 15.8. The predicted octanol–water partition coefficient (Wildman–Crippen LogP) is 3.98. The molecule has 0 spiro atoms. The Kier molecular flexibility index (Phi) is 11.8. The Balaban J connectivity index is 1.17. The average Bonchev–Trinajstić information content (AvgIpc) is 3.73. The Morgan fingerprint density at radius 1 is 1.15 bits per heavy atom. The highest BCUT2D eigenvalue weighted by molar-refractivity contribution is 7.89. The lowest BCUT2D eigenvalue weighted by molar-refractivity contribution is -0.199. The summed E-state index contributed by atoms with van der Waals surface area (Å²) >= 11 is 6.06. The van der Waals surface area contributed by atoms with Gasteiger partial charge in [0.05, 0.1) is 23.4 Å². The van der Waals surface area contributed by atoms with E-state index in [9.17, 15) is 18.0 Å². The molecule has 7 atom stereocenters. The molecule has 5 fully saturated rings. The maximum atomic E-state index is 14.2. The van der Waals surface area contributed by atoms with E-state index in [1.807, 2.05) is 37.3 Å². The van der Waals surface area contributed by atoms with Gasteiger partial charge in [0.25, 0.3) is 0 Å². The topological polar surface area (TPSA) is 178 Å². The summed E-state index contributed by atoms with van der Waals surface area (Å²) < 4.78 is 42.2. The highest BCUT2D eigenvalue weighted by Crippen LogP contribution is 2.65. The van der Waals surface area contributed by atoms with Crippen LogP contribution in [0.1, 0.15) is 84.6 Å². The molecular weight excluding hydrogens is 705 g/mol. The fourth-order valence-corrected chi connectivity index (χ4v) is 10.4. The molecule has 3 heterocycles. The van der Waals surface area contributed by atoms with Gasteiger partial charge in [-0.15, -0.1) is 0 Å². The number of carbonyl (C=O) groups excluding carboxylic acids is 2.